The largest absolute Gasteiger partial charge is 0.350 e. The monoisotopic (exact) mass is 314 g/mol. The number of aromatic nitrogens is 3. The Morgan fingerprint density at radius 2 is 2.18 bits per heavy atom. The second-order valence-corrected chi connectivity index (χ2v) is 5.38. The van der Waals surface area contributed by atoms with Gasteiger partial charge in [-0.2, -0.15) is 0 Å². The molecule has 2 heterocycles. The zero-order chi connectivity index (χ0) is 15.7. The van der Waals surface area contributed by atoms with Crippen LogP contribution in [0.5, 0.6) is 0 Å². The highest BCUT2D eigenvalue weighted by Crippen LogP contribution is 2.26. The van der Waals surface area contributed by atoms with Crippen molar-refractivity contribution in [3.63, 3.8) is 0 Å². The van der Waals surface area contributed by atoms with Crippen molar-refractivity contribution >= 4 is 39.9 Å². The minimum absolute atomic E-state index is 0.127. The molecule has 0 amide bonds. The average Bonchev–Trinajstić information content (AvgIpc) is 2.83. The molecule has 3 aromatic rings. The van der Waals surface area contributed by atoms with Gasteiger partial charge in [-0.1, -0.05) is 18.5 Å². The minimum atomic E-state index is 0.127. The lowest BCUT2D eigenvalue weighted by molar-refractivity contribution is 0.0989. The summed E-state index contributed by atoms with van der Waals surface area (Å²) in [4.78, 5) is 20.3. The number of carbonyl (C=O) groups excluding carboxylic acids is 1. The molecule has 22 heavy (non-hydrogen) atoms. The van der Waals surface area contributed by atoms with Crippen molar-refractivity contribution in [3.8, 4) is 0 Å². The molecule has 6 heteroatoms. The molecule has 5 nitrogen and oxygen atoms in total. The molecule has 0 radical (unpaired) electrons. The summed E-state index contributed by atoms with van der Waals surface area (Å²) in [6.07, 6.45) is 3.94. The van der Waals surface area contributed by atoms with E-state index in [0.717, 1.165) is 22.2 Å². The zero-order valence-electron chi connectivity index (χ0n) is 12.3. The zero-order valence-corrected chi connectivity index (χ0v) is 13.1. The fraction of sp³-hybridized carbons (Fsp3) is 0.188. The molecule has 3 rings (SSSR count). The molecule has 0 aliphatic heterocycles. The van der Waals surface area contributed by atoms with Crippen LogP contribution in [0, 0.1) is 0 Å². The van der Waals surface area contributed by atoms with E-state index in [9.17, 15) is 4.79 Å². The smallest absolute Gasteiger partial charge is 0.228 e. The van der Waals surface area contributed by atoms with Gasteiger partial charge in [0.25, 0.3) is 0 Å². The first-order valence-corrected chi connectivity index (χ1v) is 7.34. The number of nitrogens with zero attached hydrogens (tertiary/aromatic N) is 3. The van der Waals surface area contributed by atoms with Crippen molar-refractivity contribution in [1.29, 1.82) is 0 Å². The van der Waals surface area contributed by atoms with Gasteiger partial charge < -0.3 is 9.88 Å². The Kier molecular flexibility index (Phi) is 3.81. The SMILES string of the molecule is CCC(=O)c1cn(C)c2ccc(Nc3nccc(Cl)n3)cc12. The number of benzene rings is 1. The second-order valence-electron chi connectivity index (χ2n) is 4.99. The van der Waals surface area contributed by atoms with Gasteiger partial charge in [0.05, 0.1) is 0 Å². The highest BCUT2D eigenvalue weighted by Gasteiger charge is 2.13. The van der Waals surface area contributed by atoms with E-state index in [1.165, 1.54) is 0 Å². The number of rotatable bonds is 4. The van der Waals surface area contributed by atoms with E-state index in [1.807, 2.05) is 42.9 Å². The predicted molar refractivity (Wildman–Crippen MR) is 87.9 cm³/mol. The normalized spacial score (nSPS) is 10.9. The van der Waals surface area contributed by atoms with Crippen molar-refractivity contribution in [2.75, 3.05) is 5.32 Å². The molecular weight excluding hydrogens is 300 g/mol. The number of halogens is 1. The van der Waals surface area contributed by atoms with E-state index in [4.69, 9.17) is 11.6 Å². The van der Waals surface area contributed by atoms with Crippen molar-refractivity contribution in [2.45, 2.75) is 13.3 Å². The van der Waals surface area contributed by atoms with Crippen LogP contribution in [0.3, 0.4) is 0 Å². The van der Waals surface area contributed by atoms with Gasteiger partial charge in [-0.3, -0.25) is 4.79 Å². The lowest BCUT2D eigenvalue weighted by Gasteiger charge is -2.06. The minimum Gasteiger partial charge on any atom is -0.350 e. The summed E-state index contributed by atoms with van der Waals surface area (Å²) in [5, 5.41) is 4.40. The van der Waals surface area contributed by atoms with Crippen LogP contribution in [0.25, 0.3) is 10.9 Å². The van der Waals surface area contributed by atoms with Gasteiger partial charge in [0.15, 0.2) is 5.78 Å². The molecule has 112 valence electrons. The number of ketones is 1. The molecule has 0 spiro atoms. The van der Waals surface area contributed by atoms with E-state index >= 15 is 0 Å². The van der Waals surface area contributed by atoms with Gasteiger partial charge in [0, 0.05) is 48.0 Å². The summed E-state index contributed by atoms with van der Waals surface area (Å²) in [5.74, 6) is 0.549. The van der Waals surface area contributed by atoms with Crippen LogP contribution in [0.1, 0.15) is 23.7 Å². The van der Waals surface area contributed by atoms with Gasteiger partial charge in [-0.05, 0) is 24.3 Å². The van der Waals surface area contributed by atoms with Crippen LogP contribution >= 0.6 is 11.6 Å². The van der Waals surface area contributed by atoms with Crippen LogP contribution < -0.4 is 5.32 Å². The van der Waals surface area contributed by atoms with Crippen molar-refractivity contribution in [1.82, 2.24) is 14.5 Å². The number of hydrogen-bond acceptors (Lipinski definition) is 4. The molecule has 0 fully saturated rings. The summed E-state index contributed by atoms with van der Waals surface area (Å²) < 4.78 is 1.96. The molecule has 0 aliphatic rings. The van der Waals surface area contributed by atoms with Gasteiger partial charge in [-0.15, -0.1) is 0 Å². The van der Waals surface area contributed by atoms with Crippen molar-refractivity contribution in [2.24, 2.45) is 7.05 Å². The van der Waals surface area contributed by atoms with E-state index in [1.54, 1.807) is 12.3 Å². The van der Waals surface area contributed by atoms with Gasteiger partial charge in [0.2, 0.25) is 5.95 Å². The molecule has 0 saturated carbocycles. The first-order valence-electron chi connectivity index (χ1n) is 6.96. The van der Waals surface area contributed by atoms with E-state index in [-0.39, 0.29) is 5.78 Å². The third-order valence-electron chi connectivity index (χ3n) is 3.49. The fourth-order valence-electron chi connectivity index (χ4n) is 2.41. The number of hydrogen-bond donors (Lipinski definition) is 1. The Balaban J connectivity index is 2.03. The molecule has 0 saturated heterocycles. The lowest BCUT2D eigenvalue weighted by atomic mass is 10.1. The Hall–Kier alpha value is -2.40. The van der Waals surface area contributed by atoms with E-state index in [0.29, 0.717) is 17.5 Å². The first kappa shape index (κ1) is 14.5. The van der Waals surface area contributed by atoms with Crippen LogP contribution in [-0.4, -0.2) is 20.3 Å². The molecule has 0 atom stereocenters. The number of Topliss-reactive ketones (excluding diaryl/α,β-unsaturated/α-hetero) is 1. The van der Waals surface area contributed by atoms with Crippen LogP contribution in [0.2, 0.25) is 5.15 Å². The Bertz CT molecular complexity index is 856. The van der Waals surface area contributed by atoms with Crippen molar-refractivity contribution < 1.29 is 4.79 Å². The summed E-state index contributed by atoms with van der Waals surface area (Å²) in [6, 6.07) is 7.44. The highest BCUT2D eigenvalue weighted by atomic mass is 35.5. The molecule has 1 aromatic carbocycles. The molecule has 1 N–H and O–H groups in total. The number of anilines is 2. The van der Waals surface area contributed by atoms with Crippen LogP contribution in [0.15, 0.2) is 36.7 Å². The summed E-state index contributed by atoms with van der Waals surface area (Å²) in [6.45, 7) is 1.86. The molecule has 0 bridgehead atoms. The maximum Gasteiger partial charge on any atom is 0.228 e. The first-order chi connectivity index (χ1) is 10.6. The van der Waals surface area contributed by atoms with Gasteiger partial charge >= 0.3 is 0 Å². The summed E-state index contributed by atoms with van der Waals surface area (Å²) in [7, 11) is 1.93. The maximum absolute atomic E-state index is 12.1. The second kappa shape index (κ2) is 5.77. The third-order valence-corrected chi connectivity index (χ3v) is 3.70. The topological polar surface area (TPSA) is 59.8 Å². The summed E-state index contributed by atoms with van der Waals surface area (Å²) in [5.41, 5.74) is 2.55. The average molecular weight is 315 g/mol. The molecule has 0 unspecified atom stereocenters. The third kappa shape index (κ3) is 2.67. The Morgan fingerprint density at radius 1 is 1.36 bits per heavy atom. The van der Waals surface area contributed by atoms with E-state index < -0.39 is 0 Å². The quantitative estimate of drug-likeness (QED) is 0.585. The Labute approximate surface area is 133 Å². The van der Waals surface area contributed by atoms with Crippen LogP contribution in [-0.2, 0) is 7.05 Å². The Morgan fingerprint density at radius 3 is 2.91 bits per heavy atom. The number of carbonyl (C=O) groups is 1. The number of fused-ring (bicyclic) bond motifs is 1. The molecular formula is C16H15ClN4O. The predicted octanol–water partition coefficient (Wildman–Crippen LogP) is 3.96. The lowest BCUT2D eigenvalue weighted by Crippen LogP contribution is -1.97. The molecule has 0 aliphatic carbocycles. The van der Waals surface area contributed by atoms with Crippen LogP contribution in [0.4, 0.5) is 11.6 Å². The fourth-order valence-corrected chi connectivity index (χ4v) is 2.54. The van der Waals surface area contributed by atoms with Crippen molar-refractivity contribution in [3.05, 3.63) is 47.4 Å². The maximum atomic E-state index is 12.1. The summed E-state index contributed by atoms with van der Waals surface area (Å²) >= 11 is 5.86. The van der Waals surface area contributed by atoms with Gasteiger partial charge in [0.1, 0.15) is 5.15 Å². The standard InChI is InChI=1S/C16H15ClN4O/c1-3-14(22)12-9-21(2)13-5-4-10(8-11(12)13)19-16-18-7-6-15(17)20-16/h4-9H,3H2,1-2H3,(H,18,19,20). The molecule has 2 aromatic heterocycles. The van der Waals surface area contributed by atoms with E-state index in [2.05, 4.69) is 15.3 Å². The highest BCUT2D eigenvalue weighted by molar-refractivity contribution is 6.29. The van der Waals surface area contributed by atoms with Gasteiger partial charge in [-0.25, -0.2) is 9.97 Å². The number of aryl methyl sites for hydroxylation is 1. The number of nitrogens with one attached hydrogen (secondary N) is 1.